The lowest BCUT2D eigenvalue weighted by molar-refractivity contribution is 0.240. The predicted molar refractivity (Wildman–Crippen MR) is 67.0 cm³/mol. The highest BCUT2D eigenvalue weighted by atomic mass is 32.2. The fourth-order valence-electron chi connectivity index (χ4n) is 1.70. The fraction of sp³-hybridized carbons (Fsp3) is 0.500. The van der Waals surface area contributed by atoms with Gasteiger partial charge < -0.3 is 5.11 Å². The Labute approximate surface area is 111 Å². The minimum absolute atomic E-state index is 0.165. The molecule has 0 fully saturated rings. The summed E-state index contributed by atoms with van der Waals surface area (Å²) in [5, 5.41) is 9.12. The van der Waals surface area contributed by atoms with E-state index in [0.29, 0.717) is 12.5 Å². The van der Waals surface area contributed by atoms with Crippen LogP contribution in [0.1, 0.15) is 20.3 Å². The van der Waals surface area contributed by atoms with E-state index in [1.54, 1.807) is 0 Å². The first-order valence-corrected chi connectivity index (χ1v) is 7.33. The standard InChI is InChI=1S/C12H17F2NO3S/c1-8(2)5-10(7-16)15-19(17,18)12-4-3-9(13)6-11(12)14/h3-4,6,8,10,15-16H,5,7H2,1-2H3. The van der Waals surface area contributed by atoms with Gasteiger partial charge in [-0.05, 0) is 24.5 Å². The van der Waals surface area contributed by atoms with Crippen LogP contribution < -0.4 is 4.72 Å². The summed E-state index contributed by atoms with van der Waals surface area (Å²) < 4.78 is 52.3. The van der Waals surface area contributed by atoms with Gasteiger partial charge in [0, 0.05) is 12.1 Å². The van der Waals surface area contributed by atoms with Gasteiger partial charge in [0.05, 0.1) is 6.61 Å². The molecule has 0 aliphatic carbocycles. The van der Waals surface area contributed by atoms with E-state index in [1.807, 2.05) is 13.8 Å². The van der Waals surface area contributed by atoms with Gasteiger partial charge >= 0.3 is 0 Å². The van der Waals surface area contributed by atoms with Crippen molar-refractivity contribution in [3.8, 4) is 0 Å². The van der Waals surface area contributed by atoms with Crippen LogP contribution in [0.5, 0.6) is 0 Å². The van der Waals surface area contributed by atoms with E-state index in [-0.39, 0.29) is 12.5 Å². The average molecular weight is 293 g/mol. The molecule has 0 spiro atoms. The third-order valence-electron chi connectivity index (χ3n) is 2.48. The van der Waals surface area contributed by atoms with E-state index in [4.69, 9.17) is 5.11 Å². The van der Waals surface area contributed by atoms with Crippen LogP contribution in [0.3, 0.4) is 0 Å². The van der Waals surface area contributed by atoms with E-state index in [2.05, 4.69) is 4.72 Å². The molecule has 0 saturated carbocycles. The summed E-state index contributed by atoms with van der Waals surface area (Å²) >= 11 is 0. The van der Waals surface area contributed by atoms with Gasteiger partial charge in [0.25, 0.3) is 0 Å². The first-order chi connectivity index (χ1) is 8.76. The molecule has 1 aromatic rings. The Balaban J connectivity index is 2.97. The Morgan fingerprint density at radius 2 is 1.95 bits per heavy atom. The number of hydrogen-bond acceptors (Lipinski definition) is 3. The summed E-state index contributed by atoms with van der Waals surface area (Å²) in [6.45, 7) is 3.35. The minimum Gasteiger partial charge on any atom is -0.395 e. The minimum atomic E-state index is -4.12. The Hall–Kier alpha value is -1.05. The maximum Gasteiger partial charge on any atom is 0.243 e. The molecule has 1 atom stereocenters. The highest BCUT2D eigenvalue weighted by Crippen LogP contribution is 2.16. The molecule has 0 heterocycles. The monoisotopic (exact) mass is 293 g/mol. The van der Waals surface area contributed by atoms with Crippen molar-refractivity contribution < 1.29 is 22.3 Å². The number of rotatable bonds is 6. The van der Waals surface area contributed by atoms with E-state index in [0.717, 1.165) is 12.1 Å². The zero-order valence-electron chi connectivity index (χ0n) is 10.7. The lowest BCUT2D eigenvalue weighted by atomic mass is 10.1. The largest absolute Gasteiger partial charge is 0.395 e. The number of aliphatic hydroxyl groups is 1. The highest BCUT2D eigenvalue weighted by Gasteiger charge is 2.23. The van der Waals surface area contributed by atoms with Crippen LogP contribution in [0.15, 0.2) is 23.1 Å². The van der Waals surface area contributed by atoms with Crippen molar-refractivity contribution in [3.63, 3.8) is 0 Å². The highest BCUT2D eigenvalue weighted by molar-refractivity contribution is 7.89. The first kappa shape index (κ1) is 16.0. The fourth-order valence-corrected chi connectivity index (χ4v) is 3.00. The van der Waals surface area contributed by atoms with Crippen molar-refractivity contribution in [1.82, 2.24) is 4.72 Å². The second-order valence-corrected chi connectivity index (χ2v) is 6.39. The van der Waals surface area contributed by atoms with E-state index in [1.165, 1.54) is 0 Å². The Morgan fingerprint density at radius 1 is 1.32 bits per heavy atom. The average Bonchev–Trinajstić information content (AvgIpc) is 2.26. The van der Waals surface area contributed by atoms with Crippen LogP contribution in [0.2, 0.25) is 0 Å². The Bertz CT molecular complexity index is 532. The van der Waals surface area contributed by atoms with Crippen molar-refractivity contribution in [2.45, 2.75) is 31.2 Å². The number of nitrogens with one attached hydrogen (secondary N) is 1. The number of sulfonamides is 1. The van der Waals surface area contributed by atoms with Crippen LogP contribution in [-0.2, 0) is 10.0 Å². The van der Waals surface area contributed by atoms with E-state index < -0.39 is 32.6 Å². The van der Waals surface area contributed by atoms with Crippen LogP contribution >= 0.6 is 0 Å². The number of benzene rings is 1. The third-order valence-corrected chi connectivity index (χ3v) is 4.04. The van der Waals surface area contributed by atoms with E-state index in [9.17, 15) is 17.2 Å². The van der Waals surface area contributed by atoms with Gasteiger partial charge in [-0.2, -0.15) is 0 Å². The molecule has 1 rings (SSSR count). The summed E-state index contributed by atoms with van der Waals surface area (Å²) in [7, 11) is -4.12. The van der Waals surface area contributed by atoms with Gasteiger partial charge in [-0.3, -0.25) is 0 Å². The van der Waals surface area contributed by atoms with E-state index >= 15 is 0 Å². The molecular formula is C12H17F2NO3S. The zero-order chi connectivity index (χ0) is 14.6. The molecule has 1 aromatic carbocycles. The number of halogens is 2. The maximum absolute atomic E-state index is 13.4. The zero-order valence-corrected chi connectivity index (χ0v) is 11.5. The molecular weight excluding hydrogens is 276 g/mol. The topological polar surface area (TPSA) is 66.4 Å². The van der Waals surface area contributed by atoms with Gasteiger partial charge in [-0.25, -0.2) is 21.9 Å². The SMILES string of the molecule is CC(C)CC(CO)NS(=O)(=O)c1ccc(F)cc1F. The summed E-state index contributed by atoms with van der Waals surface area (Å²) in [6.07, 6.45) is 0.415. The molecule has 4 nitrogen and oxygen atoms in total. The first-order valence-electron chi connectivity index (χ1n) is 5.84. The van der Waals surface area contributed by atoms with Crippen molar-refractivity contribution in [3.05, 3.63) is 29.8 Å². The van der Waals surface area contributed by atoms with Gasteiger partial charge in [0.2, 0.25) is 10.0 Å². The van der Waals surface area contributed by atoms with Gasteiger partial charge in [0.15, 0.2) is 0 Å². The molecule has 0 bridgehead atoms. The summed E-state index contributed by atoms with van der Waals surface area (Å²) in [6, 6.07) is 1.53. The lowest BCUT2D eigenvalue weighted by Crippen LogP contribution is -2.38. The molecule has 0 aromatic heterocycles. The molecule has 0 saturated heterocycles. The smallest absolute Gasteiger partial charge is 0.243 e. The molecule has 7 heteroatoms. The van der Waals surface area contributed by atoms with Crippen molar-refractivity contribution in [2.75, 3.05) is 6.61 Å². The quantitative estimate of drug-likeness (QED) is 0.838. The van der Waals surface area contributed by atoms with Crippen molar-refractivity contribution in [1.29, 1.82) is 0 Å². The Morgan fingerprint density at radius 3 is 2.42 bits per heavy atom. The molecule has 2 N–H and O–H groups in total. The van der Waals surface area contributed by atoms with Crippen LogP contribution in [0, 0.1) is 17.6 Å². The van der Waals surface area contributed by atoms with Gasteiger partial charge in [0.1, 0.15) is 16.5 Å². The number of aliphatic hydroxyl groups excluding tert-OH is 1. The molecule has 0 radical (unpaired) electrons. The molecule has 0 aliphatic rings. The van der Waals surface area contributed by atoms with Crippen LogP contribution in [0.4, 0.5) is 8.78 Å². The van der Waals surface area contributed by atoms with Crippen molar-refractivity contribution in [2.24, 2.45) is 5.92 Å². The molecule has 19 heavy (non-hydrogen) atoms. The third kappa shape index (κ3) is 4.52. The normalized spacial score (nSPS) is 13.8. The molecule has 0 amide bonds. The van der Waals surface area contributed by atoms with Gasteiger partial charge in [-0.1, -0.05) is 13.8 Å². The van der Waals surface area contributed by atoms with Gasteiger partial charge in [-0.15, -0.1) is 0 Å². The second-order valence-electron chi connectivity index (χ2n) is 4.71. The lowest BCUT2D eigenvalue weighted by Gasteiger charge is -2.18. The van der Waals surface area contributed by atoms with Crippen LogP contribution in [-0.4, -0.2) is 26.2 Å². The summed E-state index contributed by atoms with van der Waals surface area (Å²) in [5.74, 6) is -1.84. The molecule has 0 aliphatic heterocycles. The number of hydrogen-bond donors (Lipinski definition) is 2. The predicted octanol–water partition coefficient (Wildman–Crippen LogP) is 1.65. The summed E-state index contributed by atoms with van der Waals surface area (Å²) in [4.78, 5) is -0.629. The molecule has 1 unspecified atom stereocenters. The summed E-state index contributed by atoms with van der Waals surface area (Å²) in [5.41, 5.74) is 0. The van der Waals surface area contributed by atoms with Crippen LogP contribution in [0.25, 0.3) is 0 Å². The Kier molecular flexibility index (Phi) is 5.39. The molecule has 108 valence electrons. The second kappa shape index (κ2) is 6.40. The van der Waals surface area contributed by atoms with Crippen molar-refractivity contribution >= 4 is 10.0 Å². The maximum atomic E-state index is 13.4.